The van der Waals surface area contributed by atoms with Crippen LogP contribution in [0.5, 0.6) is 0 Å². The first-order valence-corrected chi connectivity index (χ1v) is 12.1. The molecule has 1 aliphatic heterocycles. The minimum atomic E-state index is -0.821. The highest BCUT2D eigenvalue weighted by atomic mass is 35.5. The number of rotatable bonds is 7. The molecule has 1 saturated heterocycles. The van der Waals surface area contributed by atoms with Crippen LogP contribution >= 0.6 is 35.4 Å². The minimum absolute atomic E-state index is 0.130. The lowest BCUT2D eigenvalue weighted by molar-refractivity contribution is -0.124. The molecule has 1 aliphatic rings. The summed E-state index contributed by atoms with van der Waals surface area (Å²) in [6.45, 7) is 0.317. The summed E-state index contributed by atoms with van der Waals surface area (Å²) >= 11 is 17.7. The van der Waals surface area contributed by atoms with Gasteiger partial charge >= 0.3 is 5.97 Å². The van der Waals surface area contributed by atoms with Crippen molar-refractivity contribution >= 4 is 69.7 Å². The molecule has 10 heteroatoms. The number of halogens is 2. The highest BCUT2D eigenvalue weighted by Crippen LogP contribution is 2.30. The lowest BCUT2D eigenvalue weighted by atomic mass is 10.1. The topological polar surface area (TPSA) is 78.9 Å². The van der Waals surface area contributed by atoms with Crippen LogP contribution in [0.2, 0.25) is 10.0 Å². The van der Waals surface area contributed by atoms with Crippen molar-refractivity contribution in [1.29, 1.82) is 0 Å². The Hall–Kier alpha value is -3.46. The van der Waals surface area contributed by atoms with Gasteiger partial charge in [0, 0.05) is 22.3 Å². The van der Waals surface area contributed by atoms with Crippen LogP contribution in [0.25, 0.3) is 0 Å². The van der Waals surface area contributed by atoms with Crippen LogP contribution in [0.4, 0.5) is 11.4 Å². The Morgan fingerprint density at radius 3 is 2.11 bits per heavy atom. The SMILES string of the molecule is COC(=O)c1ccc(NC(=O)CC2C(=O)N(c3ccc(Cl)cc3)C(=S)N2Cc2ccc(Cl)cc2)cc1. The summed E-state index contributed by atoms with van der Waals surface area (Å²) in [6, 6.07) is 19.4. The van der Waals surface area contributed by atoms with Gasteiger partial charge in [0.05, 0.1) is 24.8 Å². The number of methoxy groups -OCH3 is 1. The fourth-order valence-electron chi connectivity index (χ4n) is 3.82. The zero-order valence-corrected chi connectivity index (χ0v) is 21.4. The van der Waals surface area contributed by atoms with Gasteiger partial charge in [-0.05, 0) is 78.4 Å². The lowest BCUT2D eigenvalue weighted by Crippen LogP contribution is -2.37. The predicted molar refractivity (Wildman–Crippen MR) is 143 cm³/mol. The van der Waals surface area contributed by atoms with Crippen molar-refractivity contribution in [1.82, 2.24) is 4.90 Å². The van der Waals surface area contributed by atoms with E-state index in [1.54, 1.807) is 65.6 Å². The molecule has 0 bridgehead atoms. The lowest BCUT2D eigenvalue weighted by Gasteiger charge is -2.24. The first-order chi connectivity index (χ1) is 17.3. The largest absolute Gasteiger partial charge is 0.465 e. The van der Waals surface area contributed by atoms with Crippen molar-refractivity contribution in [3.8, 4) is 0 Å². The van der Waals surface area contributed by atoms with Crippen LogP contribution < -0.4 is 10.2 Å². The van der Waals surface area contributed by atoms with Crippen molar-refractivity contribution in [2.45, 2.75) is 19.0 Å². The second-order valence-electron chi connectivity index (χ2n) is 8.02. The molecule has 184 valence electrons. The van der Waals surface area contributed by atoms with E-state index >= 15 is 0 Å². The Morgan fingerprint density at radius 1 is 0.944 bits per heavy atom. The van der Waals surface area contributed by atoms with Crippen molar-refractivity contribution in [2.24, 2.45) is 0 Å². The molecule has 0 saturated carbocycles. The van der Waals surface area contributed by atoms with Crippen LogP contribution in [0.3, 0.4) is 0 Å². The van der Waals surface area contributed by atoms with E-state index in [2.05, 4.69) is 10.1 Å². The van der Waals surface area contributed by atoms with Crippen LogP contribution in [0, 0.1) is 0 Å². The highest BCUT2D eigenvalue weighted by Gasteiger charge is 2.44. The molecule has 1 heterocycles. The van der Waals surface area contributed by atoms with Crippen molar-refractivity contribution < 1.29 is 19.1 Å². The molecule has 1 atom stereocenters. The van der Waals surface area contributed by atoms with Gasteiger partial charge < -0.3 is 15.0 Å². The summed E-state index contributed by atoms with van der Waals surface area (Å²) in [5.41, 5.74) is 2.30. The van der Waals surface area contributed by atoms with Crippen LogP contribution in [0.1, 0.15) is 22.3 Å². The van der Waals surface area contributed by atoms with Crippen LogP contribution in [0.15, 0.2) is 72.8 Å². The van der Waals surface area contributed by atoms with Crippen LogP contribution in [-0.4, -0.2) is 40.9 Å². The number of esters is 1. The highest BCUT2D eigenvalue weighted by molar-refractivity contribution is 7.80. The van der Waals surface area contributed by atoms with Gasteiger partial charge in [-0.15, -0.1) is 0 Å². The van der Waals surface area contributed by atoms with Crippen molar-refractivity contribution in [2.75, 3.05) is 17.3 Å². The number of nitrogens with one attached hydrogen (secondary N) is 1. The van der Waals surface area contributed by atoms with E-state index in [0.29, 0.717) is 33.5 Å². The molecule has 36 heavy (non-hydrogen) atoms. The summed E-state index contributed by atoms with van der Waals surface area (Å²) in [5, 5.41) is 4.19. The molecule has 0 spiro atoms. The maximum Gasteiger partial charge on any atom is 0.337 e. The quantitative estimate of drug-likeness (QED) is 0.322. The first-order valence-electron chi connectivity index (χ1n) is 10.9. The molecular formula is C26H21Cl2N3O4S. The van der Waals surface area contributed by atoms with Crippen molar-refractivity contribution in [3.63, 3.8) is 0 Å². The second-order valence-corrected chi connectivity index (χ2v) is 9.26. The summed E-state index contributed by atoms with van der Waals surface area (Å²) in [5.74, 6) is -1.16. The number of hydrogen-bond acceptors (Lipinski definition) is 5. The van der Waals surface area contributed by atoms with E-state index in [4.69, 9.17) is 35.4 Å². The third kappa shape index (κ3) is 5.67. The molecule has 1 N–H and O–H groups in total. The van der Waals surface area contributed by atoms with E-state index in [1.807, 2.05) is 12.1 Å². The normalized spacial score (nSPS) is 15.2. The maximum atomic E-state index is 13.5. The van der Waals surface area contributed by atoms with Gasteiger partial charge in [-0.1, -0.05) is 35.3 Å². The van der Waals surface area contributed by atoms with Crippen molar-refractivity contribution in [3.05, 3.63) is 94.0 Å². The zero-order chi connectivity index (χ0) is 25.8. The number of amides is 2. The number of anilines is 2. The number of hydrogen-bond donors (Lipinski definition) is 1. The minimum Gasteiger partial charge on any atom is -0.465 e. The second kappa shape index (κ2) is 11.1. The molecule has 4 rings (SSSR count). The Labute approximate surface area is 223 Å². The van der Waals surface area contributed by atoms with Gasteiger partial charge in [-0.3, -0.25) is 14.5 Å². The Balaban J connectivity index is 1.56. The predicted octanol–water partition coefficient (Wildman–Crippen LogP) is 5.31. The molecule has 1 unspecified atom stereocenters. The number of nitrogens with zero attached hydrogens (tertiary/aromatic N) is 2. The standard InChI is InChI=1S/C26H21Cl2N3O4S/c1-35-25(34)17-4-10-20(11-5-17)29-23(32)14-22-24(33)31(21-12-8-19(28)9-13-21)26(36)30(22)15-16-2-6-18(27)7-3-16/h2-13,22H,14-15H2,1H3,(H,29,32). The molecule has 3 aromatic carbocycles. The molecule has 1 fully saturated rings. The number of ether oxygens (including phenoxy) is 1. The van der Waals surface area contributed by atoms with Gasteiger partial charge in [-0.2, -0.15) is 0 Å². The van der Waals surface area contributed by atoms with E-state index in [-0.39, 0.29) is 23.3 Å². The maximum absolute atomic E-state index is 13.5. The molecule has 0 aliphatic carbocycles. The first kappa shape index (κ1) is 25.6. The van der Waals surface area contributed by atoms with Gasteiger partial charge in [-0.25, -0.2) is 4.79 Å². The fraction of sp³-hybridized carbons (Fsp3) is 0.154. The molecule has 0 aromatic heterocycles. The van der Waals surface area contributed by atoms with Gasteiger partial charge in [0.2, 0.25) is 5.91 Å². The molecule has 2 amide bonds. The van der Waals surface area contributed by atoms with E-state index < -0.39 is 12.0 Å². The van der Waals surface area contributed by atoms with Gasteiger partial charge in [0.1, 0.15) is 6.04 Å². The monoisotopic (exact) mass is 541 g/mol. The summed E-state index contributed by atoms with van der Waals surface area (Å²) in [7, 11) is 1.30. The smallest absolute Gasteiger partial charge is 0.337 e. The van der Waals surface area contributed by atoms with Gasteiger partial charge in [0.25, 0.3) is 5.91 Å². The number of thiocarbonyl (C=S) groups is 1. The van der Waals surface area contributed by atoms with E-state index in [0.717, 1.165) is 5.56 Å². The molecular weight excluding hydrogens is 521 g/mol. The molecule has 0 radical (unpaired) electrons. The number of benzene rings is 3. The third-order valence-corrected chi connectivity index (χ3v) is 6.56. The molecule has 7 nitrogen and oxygen atoms in total. The summed E-state index contributed by atoms with van der Waals surface area (Å²) in [6.07, 6.45) is -0.130. The Kier molecular flexibility index (Phi) is 7.88. The number of carbonyl (C=O) groups excluding carboxylic acids is 3. The molecule has 3 aromatic rings. The fourth-order valence-corrected chi connectivity index (χ4v) is 4.46. The van der Waals surface area contributed by atoms with Crippen LogP contribution in [-0.2, 0) is 20.9 Å². The zero-order valence-electron chi connectivity index (χ0n) is 19.1. The Bertz CT molecular complexity index is 1300. The number of carbonyl (C=O) groups is 3. The van der Waals surface area contributed by atoms with Gasteiger partial charge in [0.15, 0.2) is 5.11 Å². The average Bonchev–Trinajstić information content (AvgIpc) is 3.09. The average molecular weight is 542 g/mol. The Morgan fingerprint density at radius 2 is 1.53 bits per heavy atom. The summed E-state index contributed by atoms with van der Waals surface area (Å²) < 4.78 is 4.69. The van der Waals surface area contributed by atoms with E-state index in [9.17, 15) is 14.4 Å². The van der Waals surface area contributed by atoms with E-state index in [1.165, 1.54) is 12.0 Å². The third-order valence-electron chi connectivity index (χ3n) is 5.64. The summed E-state index contributed by atoms with van der Waals surface area (Å²) in [4.78, 5) is 41.2.